The first kappa shape index (κ1) is 13.7. The lowest BCUT2D eigenvalue weighted by Gasteiger charge is -2.09. The van der Waals surface area contributed by atoms with Crippen molar-refractivity contribution in [2.24, 2.45) is 0 Å². The van der Waals surface area contributed by atoms with Gasteiger partial charge in [0.2, 0.25) is 0 Å². The number of rotatable bonds is 3. The summed E-state index contributed by atoms with van der Waals surface area (Å²) >= 11 is 5.80. The molecule has 0 aliphatic rings. The molecule has 1 N–H and O–H groups in total. The van der Waals surface area contributed by atoms with Crippen molar-refractivity contribution in [2.45, 2.75) is 6.54 Å². The molecule has 0 aliphatic carbocycles. The molecule has 0 heterocycles. The highest BCUT2D eigenvalue weighted by molar-refractivity contribution is 6.33. The zero-order chi connectivity index (χ0) is 14.0. The molecule has 0 saturated heterocycles. The van der Waals surface area contributed by atoms with Gasteiger partial charge in [-0.05, 0) is 24.3 Å². The third-order valence-electron chi connectivity index (χ3n) is 2.49. The molecular weight excluding hydrogens is 282 g/mol. The van der Waals surface area contributed by atoms with Crippen molar-refractivity contribution in [3.63, 3.8) is 0 Å². The van der Waals surface area contributed by atoms with Crippen molar-refractivity contribution in [1.29, 1.82) is 0 Å². The Morgan fingerprint density at radius 3 is 2.32 bits per heavy atom. The van der Waals surface area contributed by atoms with Gasteiger partial charge in [-0.3, -0.25) is 0 Å². The normalized spacial score (nSPS) is 10.6. The molecule has 6 heteroatoms. The molecule has 0 aromatic heterocycles. The minimum Gasteiger partial charge on any atom is -0.380 e. The van der Waals surface area contributed by atoms with E-state index in [1.54, 1.807) is 0 Å². The Morgan fingerprint density at radius 1 is 0.895 bits per heavy atom. The van der Waals surface area contributed by atoms with E-state index in [1.165, 1.54) is 12.1 Å². The fourth-order valence-corrected chi connectivity index (χ4v) is 1.71. The summed E-state index contributed by atoms with van der Waals surface area (Å²) in [4.78, 5) is 0. The van der Waals surface area contributed by atoms with Crippen molar-refractivity contribution < 1.29 is 17.6 Å². The molecule has 1 nitrogen and oxygen atoms in total. The second-order valence-electron chi connectivity index (χ2n) is 3.84. The van der Waals surface area contributed by atoms with Gasteiger partial charge in [0.25, 0.3) is 0 Å². The second kappa shape index (κ2) is 5.48. The van der Waals surface area contributed by atoms with Crippen LogP contribution in [0, 0.1) is 23.3 Å². The minimum atomic E-state index is -1.26. The summed E-state index contributed by atoms with van der Waals surface area (Å²) in [5, 5.41) is 2.90. The van der Waals surface area contributed by atoms with Crippen LogP contribution in [0.3, 0.4) is 0 Å². The Kier molecular flexibility index (Phi) is 3.95. The molecule has 19 heavy (non-hydrogen) atoms. The summed E-state index contributed by atoms with van der Waals surface area (Å²) in [7, 11) is 0. The van der Waals surface area contributed by atoms with Crippen LogP contribution >= 0.6 is 11.6 Å². The summed E-state index contributed by atoms with van der Waals surface area (Å²) < 4.78 is 52.1. The van der Waals surface area contributed by atoms with Crippen LogP contribution in [0.1, 0.15) is 5.56 Å². The molecule has 0 atom stereocenters. The van der Waals surface area contributed by atoms with Gasteiger partial charge >= 0.3 is 0 Å². The van der Waals surface area contributed by atoms with Crippen LogP contribution in [0.4, 0.5) is 23.2 Å². The summed E-state index contributed by atoms with van der Waals surface area (Å²) in [5.41, 5.74) is 0.157. The van der Waals surface area contributed by atoms with E-state index in [1.807, 2.05) is 0 Å². The fraction of sp³-hybridized carbons (Fsp3) is 0.0769. The largest absolute Gasteiger partial charge is 0.380 e. The summed E-state index contributed by atoms with van der Waals surface area (Å²) in [5.74, 6) is -3.81. The van der Waals surface area contributed by atoms with Gasteiger partial charge in [-0.2, -0.15) is 0 Å². The quantitative estimate of drug-likeness (QED) is 0.647. The molecular formula is C13H8ClF4N. The third-order valence-corrected chi connectivity index (χ3v) is 2.82. The molecule has 0 unspecified atom stereocenters. The average molecular weight is 290 g/mol. The first-order valence-electron chi connectivity index (χ1n) is 5.29. The molecule has 0 amide bonds. The Morgan fingerprint density at radius 2 is 1.58 bits per heavy atom. The molecule has 100 valence electrons. The molecule has 0 spiro atoms. The van der Waals surface area contributed by atoms with Gasteiger partial charge < -0.3 is 5.32 Å². The van der Waals surface area contributed by atoms with Crippen LogP contribution in [0.2, 0.25) is 5.02 Å². The van der Waals surface area contributed by atoms with Gasteiger partial charge in [0.1, 0.15) is 11.6 Å². The lowest BCUT2D eigenvalue weighted by Crippen LogP contribution is -2.04. The Balaban J connectivity index is 2.19. The maximum Gasteiger partial charge on any atom is 0.161 e. The summed E-state index contributed by atoms with van der Waals surface area (Å²) in [6.07, 6.45) is 0. The predicted molar refractivity (Wildman–Crippen MR) is 65.1 cm³/mol. The van der Waals surface area contributed by atoms with Gasteiger partial charge in [-0.25, -0.2) is 17.6 Å². The van der Waals surface area contributed by atoms with Crippen LogP contribution in [-0.2, 0) is 6.54 Å². The lowest BCUT2D eigenvalue weighted by molar-refractivity contribution is 0.490. The van der Waals surface area contributed by atoms with Crippen molar-refractivity contribution in [3.05, 3.63) is 64.2 Å². The van der Waals surface area contributed by atoms with Gasteiger partial charge in [0, 0.05) is 18.2 Å². The zero-order valence-electron chi connectivity index (χ0n) is 9.48. The Hall–Kier alpha value is -1.75. The highest BCUT2D eigenvalue weighted by atomic mass is 35.5. The SMILES string of the molecule is Fc1ccc(Cl)c(NCc2cc(F)c(F)cc2F)c1. The van der Waals surface area contributed by atoms with Crippen molar-refractivity contribution in [2.75, 3.05) is 5.32 Å². The van der Waals surface area contributed by atoms with Crippen LogP contribution in [0.25, 0.3) is 0 Å². The smallest absolute Gasteiger partial charge is 0.161 e. The highest BCUT2D eigenvalue weighted by Gasteiger charge is 2.10. The van der Waals surface area contributed by atoms with E-state index in [-0.39, 0.29) is 22.8 Å². The first-order chi connectivity index (χ1) is 8.97. The number of hydrogen-bond acceptors (Lipinski definition) is 1. The maximum absolute atomic E-state index is 13.4. The van der Waals surface area contributed by atoms with E-state index in [0.29, 0.717) is 6.07 Å². The van der Waals surface area contributed by atoms with E-state index in [2.05, 4.69) is 5.32 Å². The summed E-state index contributed by atoms with van der Waals surface area (Å²) in [6.45, 7) is -0.147. The molecule has 0 aliphatic heterocycles. The predicted octanol–water partition coefficient (Wildman–Crippen LogP) is 4.51. The average Bonchev–Trinajstić information content (AvgIpc) is 2.36. The molecule has 0 radical (unpaired) electrons. The van der Waals surface area contributed by atoms with Crippen molar-refractivity contribution in [1.82, 2.24) is 0 Å². The topological polar surface area (TPSA) is 12.0 Å². The van der Waals surface area contributed by atoms with Crippen LogP contribution in [-0.4, -0.2) is 0 Å². The van der Waals surface area contributed by atoms with Crippen molar-refractivity contribution >= 4 is 17.3 Å². The molecule has 0 fully saturated rings. The standard InChI is InChI=1S/C13H8ClF4N/c14-9-2-1-8(15)4-13(9)19-6-7-3-11(17)12(18)5-10(7)16/h1-5,19H,6H2. The van der Waals surface area contributed by atoms with Gasteiger partial charge in [0.05, 0.1) is 10.7 Å². The molecule has 0 saturated carbocycles. The fourth-order valence-electron chi connectivity index (χ4n) is 1.52. The monoisotopic (exact) mass is 289 g/mol. The number of benzene rings is 2. The van der Waals surface area contributed by atoms with E-state index >= 15 is 0 Å². The van der Waals surface area contributed by atoms with Gasteiger partial charge in [0.15, 0.2) is 11.6 Å². The van der Waals surface area contributed by atoms with Crippen LogP contribution in [0.5, 0.6) is 0 Å². The minimum absolute atomic E-state index is 0.0840. The number of hydrogen-bond donors (Lipinski definition) is 1. The third kappa shape index (κ3) is 3.17. The molecule has 2 aromatic carbocycles. The molecule has 0 bridgehead atoms. The highest BCUT2D eigenvalue weighted by Crippen LogP contribution is 2.23. The zero-order valence-corrected chi connectivity index (χ0v) is 10.2. The van der Waals surface area contributed by atoms with E-state index in [9.17, 15) is 17.6 Å². The second-order valence-corrected chi connectivity index (χ2v) is 4.24. The lowest BCUT2D eigenvalue weighted by atomic mass is 10.2. The number of anilines is 1. The first-order valence-corrected chi connectivity index (χ1v) is 5.67. The van der Waals surface area contributed by atoms with Crippen LogP contribution < -0.4 is 5.32 Å². The van der Waals surface area contributed by atoms with Crippen molar-refractivity contribution in [3.8, 4) is 0 Å². The molecule has 2 aromatic rings. The number of halogens is 5. The van der Waals surface area contributed by atoms with Crippen LogP contribution in [0.15, 0.2) is 30.3 Å². The van der Waals surface area contributed by atoms with E-state index in [4.69, 9.17) is 11.6 Å². The van der Waals surface area contributed by atoms with Gasteiger partial charge in [-0.1, -0.05) is 11.6 Å². The Bertz CT molecular complexity index is 616. The Labute approximate surface area is 111 Å². The van der Waals surface area contributed by atoms with E-state index < -0.39 is 23.3 Å². The van der Waals surface area contributed by atoms with E-state index in [0.717, 1.165) is 12.1 Å². The molecule has 2 rings (SSSR count). The summed E-state index contributed by atoms with van der Waals surface area (Å²) in [6, 6.07) is 4.83. The maximum atomic E-state index is 13.4. The van der Waals surface area contributed by atoms with Gasteiger partial charge in [-0.15, -0.1) is 0 Å². The number of nitrogens with one attached hydrogen (secondary N) is 1.